The molecule has 1 aromatic carbocycles. The maximum absolute atomic E-state index is 13.5. The minimum atomic E-state index is -1.68. The van der Waals surface area contributed by atoms with Crippen LogP contribution >= 0.6 is 0 Å². The van der Waals surface area contributed by atoms with Gasteiger partial charge in [-0.3, -0.25) is 4.98 Å². The van der Waals surface area contributed by atoms with Crippen LogP contribution in [0.2, 0.25) is 0 Å². The van der Waals surface area contributed by atoms with Crippen molar-refractivity contribution in [3.8, 4) is 16.9 Å². The highest BCUT2D eigenvalue weighted by Gasteiger charge is 2.15. The lowest BCUT2D eigenvalue weighted by Gasteiger charge is -2.07. The van der Waals surface area contributed by atoms with Crippen LogP contribution in [0.4, 0.5) is 8.78 Å². The van der Waals surface area contributed by atoms with E-state index >= 15 is 0 Å². The number of halogens is 2. The summed E-state index contributed by atoms with van der Waals surface area (Å²) < 4.78 is 31.7. The monoisotopic (exact) mass is 265 g/mol. The van der Waals surface area contributed by atoms with Gasteiger partial charge in [-0.1, -0.05) is 6.07 Å². The number of nitrogens with zero attached hydrogens (tertiary/aromatic N) is 1. The van der Waals surface area contributed by atoms with Crippen LogP contribution in [0.5, 0.6) is 5.75 Å². The summed E-state index contributed by atoms with van der Waals surface area (Å²) in [6, 6.07) is 5.09. The minimum absolute atomic E-state index is 0.0539. The molecule has 0 bridgehead atoms. The number of rotatable bonds is 3. The van der Waals surface area contributed by atoms with E-state index in [2.05, 4.69) is 9.72 Å². The van der Waals surface area contributed by atoms with E-state index < -0.39 is 24.5 Å². The molecular formula is C12H10BF2NO3. The molecule has 7 heteroatoms. The summed E-state index contributed by atoms with van der Waals surface area (Å²) in [6.45, 7) is 0. The van der Waals surface area contributed by atoms with Crippen LogP contribution in [0, 0.1) is 11.6 Å². The number of pyridine rings is 1. The van der Waals surface area contributed by atoms with Crippen LogP contribution in [-0.4, -0.2) is 29.3 Å². The largest absolute Gasteiger partial charge is 0.508 e. The average Bonchev–Trinajstić information content (AvgIpc) is 2.38. The Morgan fingerprint density at radius 2 is 1.74 bits per heavy atom. The zero-order valence-corrected chi connectivity index (χ0v) is 9.97. The summed E-state index contributed by atoms with van der Waals surface area (Å²) in [5, 5.41) is 17.8. The first-order valence-electron chi connectivity index (χ1n) is 5.38. The van der Waals surface area contributed by atoms with Gasteiger partial charge >= 0.3 is 7.12 Å². The molecule has 0 amide bonds. The topological polar surface area (TPSA) is 62.6 Å². The summed E-state index contributed by atoms with van der Waals surface area (Å²) in [5.41, 5.74) is 0.783. The molecule has 2 rings (SSSR count). The van der Waals surface area contributed by atoms with Gasteiger partial charge in [0, 0.05) is 11.8 Å². The molecule has 2 N–H and O–H groups in total. The van der Waals surface area contributed by atoms with Crippen molar-refractivity contribution in [2.45, 2.75) is 0 Å². The van der Waals surface area contributed by atoms with Gasteiger partial charge < -0.3 is 14.8 Å². The number of aromatic nitrogens is 1. The number of benzene rings is 1. The molecule has 19 heavy (non-hydrogen) atoms. The first-order valence-corrected chi connectivity index (χ1v) is 5.38. The van der Waals surface area contributed by atoms with Gasteiger partial charge in [0.05, 0.1) is 12.7 Å². The Labute approximate surface area is 108 Å². The number of hydrogen-bond acceptors (Lipinski definition) is 4. The fourth-order valence-corrected chi connectivity index (χ4v) is 1.65. The molecule has 2 aromatic rings. The minimum Gasteiger partial charge on any atom is -0.491 e. The van der Waals surface area contributed by atoms with Crippen LogP contribution in [0.3, 0.4) is 0 Å². The second-order valence-electron chi connectivity index (χ2n) is 3.82. The molecule has 98 valence electrons. The molecule has 0 saturated heterocycles. The quantitative estimate of drug-likeness (QED) is 0.802. The lowest BCUT2D eigenvalue weighted by molar-refractivity contribution is 0.360. The molecule has 0 aliphatic carbocycles. The van der Waals surface area contributed by atoms with Crippen molar-refractivity contribution in [1.82, 2.24) is 4.98 Å². The molecular weight excluding hydrogens is 255 g/mol. The van der Waals surface area contributed by atoms with E-state index in [0.29, 0.717) is 5.56 Å². The Bertz CT molecular complexity index is 567. The normalized spacial score (nSPS) is 10.4. The van der Waals surface area contributed by atoms with E-state index in [4.69, 9.17) is 10.0 Å². The van der Waals surface area contributed by atoms with Gasteiger partial charge in [-0.25, -0.2) is 8.78 Å². The fourth-order valence-electron chi connectivity index (χ4n) is 1.65. The van der Waals surface area contributed by atoms with Gasteiger partial charge in [0.15, 0.2) is 17.4 Å². The first kappa shape index (κ1) is 13.4. The molecule has 0 atom stereocenters. The van der Waals surface area contributed by atoms with Gasteiger partial charge in [0.25, 0.3) is 0 Å². The van der Waals surface area contributed by atoms with Crippen molar-refractivity contribution in [1.29, 1.82) is 0 Å². The molecule has 0 aliphatic rings. The third-order valence-corrected chi connectivity index (χ3v) is 2.59. The molecule has 0 unspecified atom stereocenters. The van der Waals surface area contributed by atoms with E-state index in [-0.39, 0.29) is 11.2 Å². The molecule has 4 nitrogen and oxygen atoms in total. The third kappa shape index (κ3) is 2.72. The molecule has 0 fully saturated rings. The van der Waals surface area contributed by atoms with Crippen LogP contribution in [0.25, 0.3) is 11.1 Å². The molecule has 1 heterocycles. The first-order chi connectivity index (χ1) is 9.02. The van der Waals surface area contributed by atoms with E-state index in [1.165, 1.54) is 25.4 Å². The van der Waals surface area contributed by atoms with Crippen molar-refractivity contribution in [3.05, 3.63) is 42.1 Å². The Kier molecular flexibility index (Phi) is 3.78. The number of hydrogen-bond donors (Lipinski definition) is 2. The van der Waals surface area contributed by atoms with Crippen molar-refractivity contribution >= 4 is 12.7 Å². The maximum Gasteiger partial charge on any atom is 0.508 e. The van der Waals surface area contributed by atoms with Crippen LogP contribution < -0.4 is 10.3 Å². The van der Waals surface area contributed by atoms with Crippen LogP contribution in [0.1, 0.15) is 0 Å². The molecule has 0 aliphatic heterocycles. The van der Waals surface area contributed by atoms with Crippen LogP contribution in [0.15, 0.2) is 30.5 Å². The Morgan fingerprint density at radius 3 is 2.16 bits per heavy atom. The van der Waals surface area contributed by atoms with Gasteiger partial charge in [0.2, 0.25) is 0 Å². The highest BCUT2D eigenvalue weighted by atomic mass is 19.1. The Balaban J connectivity index is 2.42. The molecule has 0 spiro atoms. The van der Waals surface area contributed by atoms with E-state index in [1.807, 2.05) is 0 Å². The molecule has 0 radical (unpaired) electrons. The van der Waals surface area contributed by atoms with Gasteiger partial charge in [0.1, 0.15) is 0 Å². The van der Waals surface area contributed by atoms with Crippen LogP contribution in [-0.2, 0) is 0 Å². The van der Waals surface area contributed by atoms with Gasteiger partial charge in [-0.05, 0) is 23.8 Å². The predicted molar refractivity (Wildman–Crippen MR) is 66.0 cm³/mol. The van der Waals surface area contributed by atoms with Gasteiger partial charge in [-0.15, -0.1) is 0 Å². The third-order valence-electron chi connectivity index (χ3n) is 2.59. The maximum atomic E-state index is 13.5. The van der Waals surface area contributed by atoms with E-state index in [1.54, 1.807) is 0 Å². The summed E-state index contributed by atoms with van der Waals surface area (Å²) >= 11 is 0. The standard InChI is InChI=1S/C12H10BF2NO3/c1-19-12-9(14)4-8(5-10(12)15)7-2-3-11(13(17)18)16-6-7/h2-6,17-18H,1H3. The highest BCUT2D eigenvalue weighted by molar-refractivity contribution is 6.57. The second-order valence-corrected chi connectivity index (χ2v) is 3.82. The van der Waals surface area contributed by atoms with Crippen molar-refractivity contribution in [2.24, 2.45) is 0 Å². The molecule has 1 aromatic heterocycles. The van der Waals surface area contributed by atoms with E-state index in [0.717, 1.165) is 12.1 Å². The summed E-state index contributed by atoms with van der Waals surface area (Å²) in [5.74, 6) is -2.08. The van der Waals surface area contributed by atoms with Gasteiger partial charge in [-0.2, -0.15) is 0 Å². The fraction of sp³-hybridized carbons (Fsp3) is 0.0833. The Morgan fingerprint density at radius 1 is 1.11 bits per heavy atom. The lowest BCUT2D eigenvalue weighted by Crippen LogP contribution is -2.32. The Hall–Kier alpha value is -1.99. The van der Waals surface area contributed by atoms with Crippen molar-refractivity contribution in [3.63, 3.8) is 0 Å². The summed E-state index contributed by atoms with van der Waals surface area (Å²) in [4.78, 5) is 3.78. The predicted octanol–water partition coefficient (Wildman–Crippen LogP) is 0.715. The number of methoxy groups -OCH3 is 1. The van der Waals surface area contributed by atoms with Crippen molar-refractivity contribution in [2.75, 3.05) is 7.11 Å². The zero-order valence-electron chi connectivity index (χ0n) is 9.97. The highest BCUT2D eigenvalue weighted by Crippen LogP contribution is 2.28. The number of ether oxygens (including phenoxy) is 1. The van der Waals surface area contributed by atoms with E-state index in [9.17, 15) is 8.78 Å². The summed E-state index contributed by atoms with van der Waals surface area (Å²) in [7, 11) is -0.501. The lowest BCUT2D eigenvalue weighted by atomic mass is 9.85. The van der Waals surface area contributed by atoms with Crippen molar-refractivity contribution < 1.29 is 23.6 Å². The molecule has 0 saturated carbocycles. The zero-order chi connectivity index (χ0) is 14.0. The SMILES string of the molecule is COc1c(F)cc(-c2ccc(B(O)O)nc2)cc1F. The summed E-state index contributed by atoms with van der Waals surface area (Å²) in [6.07, 6.45) is 1.30. The second kappa shape index (κ2) is 5.33. The smallest absolute Gasteiger partial charge is 0.491 e. The average molecular weight is 265 g/mol.